The summed E-state index contributed by atoms with van der Waals surface area (Å²) in [6, 6.07) is 23.8. The van der Waals surface area contributed by atoms with Gasteiger partial charge in [-0.2, -0.15) is 0 Å². The highest BCUT2D eigenvalue weighted by Crippen LogP contribution is 2.39. The number of methoxy groups -OCH3 is 3. The lowest BCUT2D eigenvalue weighted by atomic mass is 9.85. The highest BCUT2D eigenvalue weighted by atomic mass is 35.5. The lowest BCUT2D eigenvalue weighted by Gasteiger charge is -2.32. The number of ether oxygens (including phenoxy) is 3. The summed E-state index contributed by atoms with van der Waals surface area (Å²) in [7, 11) is 4.31. The van der Waals surface area contributed by atoms with E-state index in [0.717, 1.165) is 5.01 Å². The van der Waals surface area contributed by atoms with Gasteiger partial charge in [0.1, 0.15) is 0 Å². The molecule has 4 rings (SSSR count). The number of benzene rings is 4. The first-order valence-electron chi connectivity index (χ1n) is 12.0. The van der Waals surface area contributed by atoms with E-state index < -0.39 is 17.4 Å². The minimum Gasteiger partial charge on any atom is -0.493 e. The fourth-order valence-corrected chi connectivity index (χ4v) is 4.39. The van der Waals surface area contributed by atoms with Crippen LogP contribution in [-0.4, -0.2) is 38.3 Å². The number of hydrogen-bond donors (Lipinski definition) is 2. The van der Waals surface area contributed by atoms with Crippen LogP contribution in [0.3, 0.4) is 0 Å². The van der Waals surface area contributed by atoms with E-state index >= 15 is 0 Å². The lowest BCUT2D eigenvalue weighted by molar-refractivity contribution is -0.136. The molecule has 2 amide bonds. The van der Waals surface area contributed by atoms with Gasteiger partial charge < -0.3 is 19.3 Å². The molecule has 0 aliphatic carbocycles. The van der Waals surface area contributed by atoms with Crippen LogP contribution in [0.2, 0.25) is 10.0 Å². The van der Waals surface area contributed by atoms with Crippen LogP contribution in [0.25, 0.3) is 0 Å². The first-order chi connectivity index (χ1) is 19.2. The summed E-state index contributed by atoms with van der Waals surface area (Å²) in [6.07, 6.45) is 0. The Labute approximate surface area is 241 Å². The predicted molar refractivity (Wildman–Crippen MR) is 153 cm³/mol. The molecule has 0 aromatic heterocycles. The molecule has 0 saturated carbocycles. The van der Waals surface area contributed by atoms with Crippen molar-refractivity contribution < 1.29 is 28.9 Å². The second-order valence-corrected chi connectivity index (χ2v) is 9.43. The van der Waals surface area contributed by atoms with E-state index in [1.807, 2.05) is 0 Å². The third-order valence-corrected chi connectivity index (χ3v) is 6.70. The van der Waals surface area contributed by atoms with Gasteiger partial charge in [-0.05, 0) is 59.7 Å². The van der Waals surface area contributed by atoms with Crippen molar-refractivity contribution in [3.63, 3.8) is 0 Å². The summed E-state index contributed by atoms with van der Waals surface area (Å²) >= 11 is 12.1. The zero-order chi connectivity index (χ0) is 28.9. The van der Waals surface area contributed by atoms with Gasteiger partial charge >= 0.3 is 0 Å². The second kappa shape index (κ2) is 12.3. The van der Waals surface area contributed by atoms with Crippen molar-refractivity contribution in [1.82, 2.24) is 5.43 Å². The summed E-state index contributed by atoms with van der Waals surface area (Å²) in [5, 5.41) is 13.9. The van der Waals surface area contributed by atoms with Crippen molar-refractivity contribution in [3.8, 4) is 17.2 Å². The monoisotopic (exact) mass is 580 g/mol. The fraction of sp³-hybridized carbons (Fsp3) is 0.133. The molecule has 0 spiro atoms. The Balaban J connectivity index is 1.82. The highest BCUT2D eigenvalue weighted by molar-refractivity contribution is 6.30. The summed E-state index contributed by atoms with van der Waals surface area (Å²) < 4.78 is 16.2. The Morgan fingerprint density at radius 1 is 0.750 bits per heavy atom. The number of carbonyl (C=O) groups excluding carboxylic acids is 2. The Kier molecular flexibility index (Phi) is 8.84. The van der Waals surface area contributed by atoms with E-state index in [2.05, 4.69) is 5.43 Å². The molecule has 206 valence electrons. The Morgan fingerprint density at radius 3 is 1.65 bits per heavy atom. The molecule has 0 unspecified atom stereocenters. The third kappa shape index (κ3) is 5.70. The smallest absolute Gasteiger partial charge is 0.280 e. The number of anilines is 1. The van der Waals surface area contributed by atoms with Gasteiger partial charge in [0.2, 0.25) is 5.75 Å². The molecule has 0 radical (unpaired) electrons. The van der Waals surface area contributed by atoms with E-state index in [1.54, 1.807) is 54.6 Å². The number of nitrogens with zero attached hydrogens (tertiary/aromatic N) is 1. The van der Waals surface area contributed by atoms with Gasteiger partial charge in [-0.15, -0.1) is 0 Å². The number of halogens is 2. The number of hydrogen-bond acceptors (Lipinski definition) is 6. The summed E-state index contributed by atoms with van der Waals surface area (Å²) in [5.74, 6) is -0.724. The number of aliphatic hydroxyl groups is 1. The number of nitrogens with one attached hydrogen (secondary N) is 1. The maximum atomic E-state index is 14.0. The Bertz CT molecular complexity index is 1420. The largest absolute Gasteiger partial charge is 0.493 e. The molecule has 0 bridgehead atoms. The van der Waals surface area contributed by atoms with Crippen LogP contribution in [0.15, 0.2) is 91.0 Å². The summed E-state index contributed by atoms with van der Waals surface area (Å²) in [6.45, 7) is 0. The lowest BCUT2D eigenvalue weighted by Crippen LogP contribution is -2.54. The van der Waals surface area contributed by atoms with Crippen LogP contribution in [0.4, 0.5) is 5.69 Å². The predicted octanol–water partition coefficient (Wildman–Crippen LogP) is 5.63. The molecule has 2 N–H and O–H groups in total. The molecule has 4 aromatic carbocycles. The topological polar surface area (TPSA) is 97.3 Å². The van der Waals surface area contributed by atoms with Crippen LogP contribution >= 0.6 is 23.2 Å². The van der Waals surface area contributed by atoms with Crippen LogP contribution in [0.5, 0.6) is 17.2 Å². The van der Waals surface area contributed by atoms with Gasteiger partial charge in [-0.3, -0.25) is 15.0 Å². The molecule has 10 heteroatoms. The van der Waals surface area contributed by atoms with Gasteiger partial charge in [0.25, 0.3) is 11.8 Å². The Morgan fingerprint density at radius 2 is 1.23 bits per heavy atom. The van der Waals surface area contributed by atoms with Gasteiger partial charge in [0.15, 0.2) is 17.1 Å². The first kappa shape index (κ1) is 28.8. The van der Waals surface area contributed by atoms with Crippen molar-refractivity contribution in [2.45, 2.75) is 5.60 Å². The SMILES string of the molecule is COc1cc(C(=O)N(NC(=O)C(O)(c2ccc(Cl)cc2)c2ccc(Cl)cc2)c2ccccc2)cc(OC)c1OC. The van der Waals surface area contributed by atoms with Gasteiger partial charge in [0.05, 0.1) is 27.0 Å². The molecule has 4 aromatic rings. The normalized spacial score (nSPS) is 10.9. The third-order valence-electron chi connectivity index (χ3n) is 6.20. The van der Waals surface area contributed by atoms with Crippen molar-refractivity contribution >= 4 is 40.7 Å². The average molecular weight is 581 g/mol. The highest BCUT2D eigenvalue weighted by Gasteiger charge is 2.42. The minimum absolute atomic E-state index is 0.125. The number of para-hydroxylation sites is 1. The molecular formula is C30H26Cl2N2O6. The molecule has 40 heavy (non-hydrogen) atoms. The molecule has 0 aliphatic rings. The molecule has 0 aliphatic heterocycles. The molecule has 0 fully saturated rings. The van der Waals surface area contributed by atoms with Crippen molar-refractivity contribution in [1.29, 1.82) is 0 Å². The van der Waals surface area contributed by atoms with Crippen LogP contribution < -0.4 is 24.6 Å². The second-order valence-electron chi connectivity index (χ2n) is 8.56. The van der Waals surface area contributed by atoms with E-state index in [-0.39, 0.29) is 28.2 Å². The molecular weight excluding hydrogens is 555 g/mol. The van der Waals surface area contributed by atoms with E-state index in [0.29, 0.717) is 21.5 Å². The standard InChI is InChI=1S/C30H26Cl2N2O6/c1-38-25-17-19(18-26(39-2)27(25)40-3)28(35)34(24-7-5-4-6-8-24)33-29(36)30(37,20-9-13-22(31)14-10-20)21-11-15-23(32)16-12-21/h4-18,37H,1-3H3,(H,33,36). The van der Waals surface area contributed by atoms with Crippen molar-refractivity contribution in [2.75, 3.05) is 26.3 Å². The molecule has 0 atom stereocenters. The van der Waals surface area contributed by atoms with E-state index in [9.17, 15) is 14.7 Å². The van der Waals surface area contributed by atoms with Crippen molar-refractivity contribution in [3.05, 3.63) is 118 Å². The number of amides is 2. The fourth-order valence-electron chi connectivity index (χ4n) is 4.14. The van der Waals surface area contributed by atoms with Gasteiger partial charge in [0, 0.05) is 15.6 Å². The Hall–Kier alpha value is -4.24. The molecule has 0 heterocycles. The van der Waals surface area contributed by atoms with Gasteiger partial charge in [-0.1, -0.05) is 65.7 Å². The first-order valence-corrected chi connectivity index (χ1v) is 12.7. The maximum Gasteiger partial charge on any atom is 0.280 e. The minimum atomic E-state index is -2.22. The van der Waals surface area contributed by atoms with Crippen molar-refractivity contribution in [2.24, 2.45) is 0 Å². The number of carbonyl (C=O) groups is 2. The summed E-state index contributed by atoms with van der Waals surface area (Å²) in [4.78, 5) is 28.0. The van der Waals surface area contributed by atoms with E-state index in [1.165, 1.54) is 57.7 Å². The van der Waals surface area contributed by atoms with Gasteiger partial charge in [-0.25, -0.2) is 5.01 Å². The van der Waals surface area contributed by atoms with Crippen LogP contribution in [0.1, 0.15) is 21.5 Å². The maximum absolute atomic E-state index is 14.0. The van der Waals surface area contributed by atoms with Crippen LogP contribution in [-0.2, 0) is 10.4 Å². The average Bonchev–Trinajstić information content (AvgIpc) is 2.99. The summed E-state index contributed by atoms with van der Waals surface area (Å²) in [5.41, 5.74) is 1.31. The number of rotatable bonds is 8. The zero-order valence-corrected chi connectivity index (χ0v) is 23.4. The van der Waals surface area contributed by atoms with E-state index in [4.69, 9.17) is 37.4 Å². The molecule has 0 saturated heterocycles. The zero-order valence-electron chi connectivity index (χ0n) is 21.9. The molecule has 8 nitrogen and oxygen atoms in total. The number of hydrazine groups is 1. The van der Waals surface area contributed by atoms with Crippen LogP contribution in [0, 0.1) is 0 Å². The quantitative estimate of drug-likeness (QED) is 0.262.